The lowest BCUT2D eigenvalue weighted by Gasteiger charge is -2.35. The molecule has 4 N–H and O–H groups in total. The molecule has 1 fully saturated rings. The Labute approximate surface area is 200 Å². The van der Waals surface area contributed by atoms with Crippen LogP contribution < -0.4 is 25.3 Å². The third-order valence-corrected chi connectivity index (χ3v) is 5.49. The first-order valence-electron chi connectivity index (χ1n) is 10.4. The molecule has 0 radical (unpaired) electrons. The summed E-state index contributed by atoms with van der Waals surface area (Å²) in [6.45, 7) is 5.19. The summed E-state index contributed by atoms with van der Waals surface area (Å²) in [6, 6.07) is 11.3. The fourth-order valence-corrected chi connectivity index (χ4v) is 3.90. The van der Waals surface area contributed by atoms with Gasteiger partial charge in [0, 0.05) is 50.4 Å². The van der Waals surface area contributed by atoms with Crippen LogP contribution in [0.25, 0.3) is 0 Å². The predicted molar refractivity (Wildman–Crippen MR) is 130 cm³/mol. The summed E-state index contributed by atoms with van der Waals surface area (Å²) in [6.07, 6.45) is 0. The van der Waals surface area contributed by atoms with E-state index in [9.17, 15) is 4.79 Å². The van der Waals surface area contributed by atoms with Gasteiger partial charge in [-0.25, -0.2) is 0 Å². The minimum atomic E-state index is -0.368. The molecule has 1 aliphatic heterocycles. The smallest absolute Gasteiger partial charge is 0.257 e. The number of guanidine groups is 1. The molecule has 1 amide bonds. The van der Waals surface area contributed by atoms with Crippen molar-refractivity contribution in [3.8, 4) is 17.2 Å². The van der Waals surface area contributed by atoms with E-state index in [-0.39, 0.29) is 24.3 Å². The number of piperazine rings is 1. The molecule has 0 aromatic heterocycles. The summed E-state index contributed by atoms with van der Waals surface area (Å²) >= 11 is 0. The number of nitrogens with one attached hydrogen (secondary N) is 2. The zero-order valence-corrected chi connectivity index (χ0v) is 20.0. The van der Waals surface area contributed by atoms with Crippen LogP contribution in [0, 0.1) is 5.41 Å². The zero-order valence-electron chi connectivity index (χ0n) is 19.2. The highest BCUT2D eigenvalue weighted by molar-refractivity contribution is 6.04. The van der Waals surface area contributed by atoms with Gasteiger partial charge in [-0.3, -0.25) is 25.3 Å². The quantitative estimate of drug-likeness (QED) is 0.394. The Morgan fingerprint density at radius 1 is 0.970 bits per heavy atom. The molecular weight excluding hydrogens is 446 g/mol. The van der Waals surface area contributed by atoms with Gasteiger partial charge in [0.15, 0.2) is 17.5 Å². The van der Waals surface area contributed by atoms with Crippen molar-refractivity contribution in [3.05, 3.63) is 53.1 Å². The van der Waals surface area contributed by atoms with Gasteiger partial charge in [-0.2, -0.15) is 0 Å². The SMILES string of the molecule is COc1ccc(CN2CCN(Cc3cccc(C(=O)NC(=N)N)c3)CC2)c(OC)c1OC.Cl. The van der Waals surface area contributed by atoms with Crippen molar-refractivity contribution in [1.29, 1.82) is 5.41 Å². The van der Waals surface area contributed by atoms with E-state index in [1.54, 1.807) is 27.4 Å². The minimum absolute atomic E-state index is 0. The van der Waals surface area contributed by atoms with Gasteiger partial charge in [0.05, 0.1) is 21.3 Å². The lowest BCUT2D eigenvalue weighted by Crippen LogP contribution is -2.45. The molecule has 9 nitrogen and oxygen atoms in total. The molecule has 33 heavy (non-hydrogen) atoms. The standard InChI is InChI=1S/C23H31N5O4.ClH/c1-30-19-8-7-18(20(31-2)21(19)32-3)15-28-11-9-27(10-12-28)14-16-5-4-6-17(13-16)22(29)26-23(24)25;/h4-8,13H,9-12,14-15H2,1-3H3,(H4,24,25,26,29);1H. The van der Waals surface area contributed by atoms with Crippen LogP contribution in [0.2, 0.25) is 0 Å². The monoisotopic (exact) mass is 477 g/mol. The molecule has 1 aliphatic rings. The molecule has 0 spiro atoms. The van der Waals surface area contributed by atoms with Crippen molar-refractivity contribution in [2.45, 2.75) is 13.1 Å². The molecule has 0 saturated carbocycles. The Bertz CT molecular complexity index is 964. The molecule has 0 aliphatic carbocycles. The second kappa shape index (κ2) is 12.3. The number of carbonyl (C=O) groups is 1. The fourth-order valence-electron chi connectivity index (χ4n) is 3.90. The summed E-state index contributed by atoms with van der Waals surface area (Å²) in [4.78, 5) is 16.8. The van der Waals surface area contributed by atoms with E-state index >= 15 is 0 Å². The van der Waals surface area contributed by atoms with E-state index in [0.29, 0.717) is 22.8 Å². The molecule has 1 saturated heterocycles. The molecule has 0 unspecified atom stereocenters. The summed E-state index contributed by atoms with van der Waals surface area (Å²) in [5.41, 5.74) is 7.86. The number of methoxy groups -OCH3 is 3. The van der Waals surface area contributed by atoms with E-state index in [1.165, 1.54) is 0 Å². The molecule has 180 valence electrons. The maximum absolute atomic E-state index is 12.1. The van der Waals surface area contributed by atoms with Crippen LogP contribution in [0.1, 0.15) is 21.5 Å². The van der Waals surface area contributed by atoms with Crippen molar-refractivity contribution in [2.75, 3.05) is 47.5 Å². The van der Waals surface area contributed by atoms with Crippen LogP contribution in [-0.2, 0) is 13.1 Å². The van der Waals surface area contributed by atoms with E-state index in [0.717, 1.165) is 50.4 Å². The van der Waals surface area contributed by atoms with Gasteiger partial charge in [-0.1, -0.05) is 18.2 Å². The van der Waals surface area contributed by atoms with Crippen LogP contribution in [0.3, 0.4) is 0 Å². The first kappa shape index (κ1) is 26.2. The highest BCUT2D eigenvalue weighted by Gasteiger charge is 2.21. The maximum atomic E-state index is 12.1. The third-order valence-electron chi connectivity index (χ3n) is 5.49. The van der Waals surface area contributed by atoms with Gasteiger partial charge in [0.2, 0.25) is 5.75 Å². The highest BCUT2D eigenvalue weighted by Crippen LogP contribution is 2.40. The normalized spacial score (nSPS) is 14.2. The Kier molecular flexibility index (Phi) is 9.77. The van der Waals surface area contributed by atoms with Crippen molar-refractivity contribution >= 4 is 24.3 Å². The van der Waals surface area contributed by atoms with Gasteiger partial charge < -0.3 is 19.9 Å². The van der Waals surface area contributed by atoms with Gasteiger partial charge in [-0.15, -0.1) is 12.4 Å². The number of carbonyl (C=O) groups excluding carboxylic acids is 1. The van der Waals surface area contributed by atoms with E-state index in [4.69, 9.17) is 25.4 Å². The molecule has 1 heterocycles. The van der Waals surface area contributed by atoms with Crippen molar-refractivity contribution in [2.24, 2.45) is 5.73 Å². The number of rotatable bonds is 8. The Hall–Kier alpha value is -3.01. The Balaban J connectivity index is 0.00000385. The second-order valence-corrected chi connectivity index (χ2v) is 7.61. The maximum Gasteiger partial charge on any atom is 0.257 e. The third kappa shape index (κ3) is 6.74. The van der Waals surface area contributed by atoms with Crippen molar-refractivity contribution < 1.29 is 19.0 Å². The topological polar surface area (TPSA) is 113 Å². The summed E-state index contributed by atoms with van der Waals surface area (Å²) < 4.78 is 16.5. The average Bonchev–Trinajstić information content (AvgIpc) is 2.79. The number of hydrogen-bond donors (Lipinski definition) is 3. The summed E-state index contributed by atoms with van der Waals surface area (Å²) in [5, 5.41) is 9.53. The van der Waals surface area contributed by atoms with Crippen molar-refractivity contribution in [1.82, 2.24) is 15.1 Å². The largest absolute Gasteiger partial charge is 0.493 e. The summed E-state index contributed by atoms with van der Waals surface area (Å²) in [7, 11) is 4.87. The lowest BCUT2D eigenvalue weighted by atomic mass is 10.1. The number of amides is 1. The van der Waals surface area contributed by atoms with E-state index < -0.39 is 0 Å². The van der Waals surface area contributed by atoms with E-state index in [1.807, 2.05) is 30.3 Å². The number of benzene rings is 2. The molecule has 0 atom stereocenters. The predicted octanol–water partition coefficient (Wildman–Crippen LogP) is 2.08. The average molecular weight is 478 g/mol. The van der Waals surface area contributed by atoms with Gasteiger partial charge in [-0.05, 0) is 23.8 Å². The zero-order chi connectivity index (χ0) is 23.1. The first-order chi connectivity index (χ1) is 15.4. The molecule has 2 aromatic rings. The number of hydrogen-bond acceptors (Lipinski definition) is 7. The second-order valence-electron chi connectivity index (χ2n) is 7.61. The molecule has 0 bridgehead atoms. The number of nitrogens with two attached hydrogens (primary N) is 1. The van der Waals surface area contributed by atoms with E-state index in [2.05, 4.69) is 15.1 Å². The van der Waals surface area contributed by atoms with Crippen LogP contribution in [0.15, 0.2) is 36.4 Å². The van der Waals surface area contributed by atoms with Crippen LogP contribution in [0.5, 0.6) is 17.2 Å². The Morgan fingerprint density at radius 2 is 1.61 bits per heavy atom. The molecule has 10 heteroatoms. The van der Waals surface area contributed by atoms with Gasteiger partial charge >= 0.3 is 0 Å². The Morgan fingerprint density at radius 3 is 2.18 bits per heavy atom. The van der Waals surface area contributed by atoms with Crippen LogP contribution in [-0.4, -0.2) is 69.2 Å². The minimum Gasteiger partial charge on any atom is -0.493 e. The van der Waals surface area contributed by atoms with Crippen LogP contribution in [0.4, 0.5) is 0 Å². The number of halogens is 1. The fraction of sp³-hybridized carbons (Fsp3) is 0.391. The molecular formula is C23H32ClN5O4. The van der Waals surface area contributed by atoms with Gasteiger partial charge in [0.25, 0.3) is 5.91 Å². The molecule has 2 aromatic carbocycles. The number of nitrogens with zero attached hydrogens (tertiary/aromatic N) is 2. The summed E-state index contributed by atoms with van der Waals surface area (Å²) in [5.74, 6) is 1.24. The number of ether oxygens (including phenoxy) is 3. The van der Waals surface area contributed by atoms with Gasteiger partial charge in [0.1, 0.15) is 0 Å². The van der Waals surface area contributed by atoms with Crippen LogP contribution >= 0.6 is 12.4 Å². The highest BCUT2D eigenvalue weighted by atomic mass is 35.5. The first-order valence-corrected chi connectivity index (χ1v) is 10.4. The lowest BCUT2D eigenvalue weighted by molar-refractivity contribution is 0.0976. The van der Waals surface area contributed by atoms with Crippen molar-refractivity contribution in [3.63, 3.8) is 0 Å². The molecule has 3 rings (SSSR count).